The van der Waals surface area contributed by atoms with Crippen LogP contribution in [0.2, 0.25) is 0 Å². The number of halogens is 2. The van der Waals surface area contributed by atoms with Gasteiger partial charge in [-0.05, 0) is 42.2 Å². The summed E-state index contributed by atoms with van der Waals surface area (Å²) in [5, 5.41) is 3.47. The second-order valence-electron chi connectivity index (χ2n) is 7.22. The first-order chi connectivity index (χ1) is 13.6. The minimum absolute atomic E-state index is 0. The summed E-state index contributed by atoms with van der Waals surface area (Å²) in [7, 11) is 5.45. The Morgan fingerprint density at radius 1 is 1.28 bits per heavy atom. The molecular formula is C22H30FIN4O. The predicted molar refractivity (Wildman–Crippen MR) is 128 cm³/mol. The summed E-state index contributed by atoms with van der Waals surface area (Å²) in [5.74, 6) is 2.05. The lowest BCUT2D eigenvalue weighted by Crippen LogP contribution is -2.41. The smallest absolute Gasteiger partial charge is 0.193 e. The van der Waals surface area contributed by atoms with Gasteiger partial charge in [0.25, 0.3) is 0 Å². The van der Waals surface area contributed by atoms with Crippen LogP contribution >= 0.6 is 24.0 Å². The maximum Gasteiger partial charge on any atom is 0.193 e. The van der Waals surface area contributed by atoms with Gasteiger partial charge in [0.05, 0.1) is 7.11 Å². The highest BCUT2D eigenvalue weighted by atomic mass is 127. The van der Waals surface area contributed by atoms with Gasteiger partial charge in [-0.25, -0.2) is 4.39 Å². The molecule has 1 heterocycles. The first-order valence-corrected chi connectivity index (χ1v) is 9.64. The van der Waals surface area contributed by atoms with E-state index in [4.69, 9.17) is 4.74 Å². The van der Waals surface area contributed by atoms with E-state index in [0.717, 1.165) is 43.3 Å². The van der Waals surface area contributed by atoms with Crippen LogP contribution in [0.5, 0.6) is 5.75 Å². The Hall–Kier alpha value is -2.03. The zero-order chi connectivity index (χ0) is 19.9. The number of anilines is 1. The number of guanidine groups is 1. The van der Waals surface area contributed by atoms with E-state index in [-0.39, 0.29) is 29.8 Å². The van der Waals surface area contributed by atoms with Gasteiger partial charge in [0, 0.05) is 52.0 Å². The van der Waals surface area contributed by atoms with Crippen molar-refractivity contribution in [2.45, 2.75) is 13.0 Å². The molecule has 0 aromatic heterocycles. The van der Waals surface area contributed by atoms with Gasteiger partial charge in [0.2, 0.25) is 0 Å². The number of hydrogen-bond acceptors (Lipinski definition) is 3. The van der Waals surface area contributed by atoms with Crippen LogP contribution in [0.15, 0.2) is 53.5 Å². The monoisotopic (exact) mass is 512 g/mol. The van der Waals surface area contributed by atoms with E-state index in [9.17, 15) is 4.39 Å². The molecule has 0 saturated carbocycles. The molecule has 1 unspecified atom stereocenters. The van der Waals surface area contributed by atoms with Gasteiger partial charge < -0.3 is 19.9 Å². The van der Waals surface area contributed by atoms with Gasteiger partial charge in [-0.1, -0.05) is 18.2 Å². The Bertz CT molecular complexity index is 817. The van der Waals surface area contributed by atoms with Gasteiger partial charge in [-0.2, -0.15) is 0 Å². The molecule has 5 nitrogen and oxygen atoms in total. The largest absolute Gasteiger partial charge is 0.497 e. The topological polar surface area (TPSA) is 40.1 Å². The van der Waals surface area contributed by atoms with Crippen molar-refractivity contribution in [3.05, 3.63) is 59.9 Å². The fourth-order valence-electron chi connectivity index (χ4n) is 3.65. The van der Waals surface area contributed by atoms with Gasteiger partial charge >= 0.3 is 0 Å². The van der Waals surface area contributed by atoms with E-state index in [0.29, 0.717) is 12.5 Å². The maximum absolute atomic E-state index is 13.4. The summed E-state index contributed by atoms with van der Waals surface area (Å²) in [6.07, 6.45) is 1.13. The molecule has 0 radical (unpaired) electrons. The van der Waals surface area contributed by atoms with E-state index in [2.05, 4.69) is 27.3 Å². The average Bonchev–Trinajstić information content (AvgIpc) is 3.17. The highest BCUT2D eigenvalue weighted by Gasteiger charge is 2.23. The number of methoxy groups -OCH3 is 1. The average molecular weight is 512 g/mol. The zero-order valence-corrected chi connectivity index (χ0v) is 19.6. The highest BCUT2D eigenvalue weighted by Crippen LogP contribution is 2.26. The van der Waals surface area contributed by atoms with Gasteiger partial charge in [-0.15, -0.1) is 24.0 Å². The first kappa shape index (κ1) is 23.3. The van der Waals surface area contributed by atoms with Crippen LogP contribution in [0.1, 0.15) is 12.0 Å². The third-order valence-corrected chi connectivity index (χ3v) is 5.14. The van der Waals surface area contributed by atoms with Crippen LogP contribution in [0, 0.1) is 11.7 Å². The van der Waals surface area contributed by atoms with Crippen molar-refractivity contribution in [3.8, 4) is 5.75 Å². The van der Waals surface area contributed by atoms with Crippen molar-refractivity contribution in [1.82, 2.24) is 10.2 Å². The van der Waals surface area contributed by atoms with Crippen LogP contribution in [0.4, 0.5) is 10.1 Å². The number of hydrogen-bond donors (Lipinski definition) is 1. The van der Waals surface area contributed by atoms with Crippen molar-refractivity contribution in [3.63, 3.8) is 0 Å². The second-order valence-corrected chi connectivity index (χ2v) is 7.22. The van der Waals surface area contributed by atoms with Crippen LogP contribution in [-0.4, -0.2) is 51.7 Å². The molecule has 1 aliphatic rings. The van der Waals surface area contributed by atoms with Crippen molar-refractivity contribution >= 4 is 35.6 Å². The molecule has 1 atom stereocenters. The Balaban J connectivity index is 0.00000300. The van der Waals surface area contributed by atoms with Crippen LogP contribution in [0.3, 0.4) is 0 Å². The van der Waals surface area contributed by atoms with Crippen molar-refractivity contribution in [2.75, 3.05) is 45.7 Å². The quantitative estimate of drug-likeness (QED) is 0.361. The molecule has 7 heteroatoms. The number of nitrogens with zero attached hydrogens (tertiary/aromatic N) is 3. The normalized spacial score (nSPS) is 16.3. The summed E-state index contributed by atoms with van der Waals surface area (Å²) in [4.78, 5) is 8.79. The molecule has 2 aromatic carbocycles. The molecule has 3 rings (SSSR count). The molecule has 0 amide bonds. The molecule has 1 N–H and O–H groups in total. The molecule has 2 aromatic rings. The number of nitrogens with one attached hydrogen (secondary N) is 1. The molecule has 1 fully saturated rings. The molecular weight excluding hydrogens is 482 g/mol. The standard InChI is InChI=1S/C22H29FN4O.HI/c1-24-22(26(2)15-17-6-4-7-19(23)12-17)25-14-18-10-11-27(16-18)20-8-5-9-21(13-20)28-3;/h4-9,12-13,18H,10-11,14-16H2,1-3H3,(H,24,25);1H. The third-order valence-electron chi connectivity index (χ3n) is 5.14. The molecule has 1 aliphatic heterocycles. The zero-order valence-electron chi connectivity index (χ0n) is 17.3. The van der Waals surface area contributed by atoms with E-state index < -0.39 is 0 Å². The van der Waals surface area contributed by atoms with Crippen molar-refractivity contribution in [1.29, 1.82) is 0 Å². The summed E-state index contributed by atoms with van der Waals surface area (Å²) < 4.78 is 18.7. The molecule has 0 aliphatic carbocycles. The molecule has 0 bridgehead atoms. The lowest BCUT2D eigenvalue weighted by atomic mass is 10.1. The minimum atomic E-state index is -0.211. The maximum atomic E-state index is 13.4. The Kier molecular flexibility index (Phi) is 9.00. The highest BCUT2D eigenvalue weighted by molar-refractivity contribution is 14.0. The fourth-order valence-corrected chi connectivity index (χ4v) is 3.65. The first-order valence-electron chi connectivity index (χ1n) is 9.64. The van der Waals surface area contributed by atoms with E-state index >= 15 is 0 Å². The Morgan fingerprint density at radius 3 is 2.79 bits per heavy atom. The van der Waals surface area contributed by atoms with Gasteiger partial charge in [0.15, 0.2) is 5.96 Å². The molecule has 1 saturated heterocycles. The van der Waals surface area contributed by atoms with E-state index in [1.807, 2.05) is 30.1 Å². The summed E-state index contributed by atoms with van der Waals surface area (Å²) in [6.45, 7) is 3.51. The van der Waals surface area contributed by atoms with Crippen molar-refractivity contribution in [2.24, 2.45) is 10.9 Å². The van der Waals surface area contributed by atoms with E-state index in [1.165, 1.54) is 11.8 Å². The predicted octanol–water partition coefficient (Wildman–Crippen LogP) is 3.99. The van der Waals surface area contributed by atoms with Crippen molar-refractivity contribution < 1.29 is 9.13 Å². The number of aliphatic imine (C=N–C) groups is 1. The summed E-state index contributed by atoms with van der Waals surface area (Å²) >= 11 is 0. The fraction of sp³-hybridized carbons (Fsp3) is 0.409. The number of benzene rings is 2. The van der Waals surface area contributed by atoms with Gasteiger partial charge in [0.1, 0.15) is 11.6 Å². The Labute approximate surface area is 190 Å². The third kappa shape index (κ3) is 6.48. The van der Waals surface area contributed by atoms with Gasteiger partial charge in [-0.3, -0.25) is 4.99 Å². The minimum Gasteiger partial charge on any atom is -0.497 e. The summed E-state index contributed by atoms with van der Waals surface area (Å²) in [6, 6.07) is 14.9. The van der Waals surface area contributed by atoms with Crippen LogP contribution < -0.4 is 15.0 Å². The summed E-state index contributed by atoms with van der Waals surface area (Å²) in [5.41, 5.74) is 2.13. The van der Waals surface area contributed by atoms with Crippen LogP contribution in [0.25, 0.3) is 0 Å². The number of ether oxygens (including phenoxy) is 1. The van der Waals surface area contributed by atoms with E-state index in [1.54, 1.807) is 26.3 Å². The lowest BCUT2D eigenvalue weighted by molar-refractivity contribution is 0.415. The van der Waals surface area contributed by atoms with Crippen LogP contribution in [-0.2, 0) is 6.54 Å². The SMILES string of the molecule is CN=C(NCC1CCN(c2cccc(OC)c2)C1)N(C)Cc1cccc(F)c1.I. The molecule has 0 spiro atoms. The number of rotatable bonds is 6. The second kappa shape index (κ2) is 11.2. The Morgan fingerprint density at radius 2 is 2.07 bits per heavy atom. The lowest BCUT2D eigenvalue weighted by Gasteiger charge is -2.24. The molecule has 29 heavy (non-hydrogen) atoms. The molecule has 158 valence electrons.